The average Bonchev–Trinajstić information content (AvgIpc) is 2.99. The van der Waals surface area contributed by atoms with Crippen LogP contribution in [0, 0.1) is 5.92 Å². The molecule has 0 saturated carbocycles. The van der Waals surface area contributed by atoms with E-state index in [1.807, 2.05) is 18.4 Å². The first kappa shape index (κ1) is 14.8. The van der Waals surface area contributed by atoms with E-state index in [9.17, 15) is 4.79 Å². The van der Waals surface area contributed by atoms with E-state index in [2.05, 4.69) is 30.4 Å². The van der Waals surface area contributed by atoms with Crippen molar-refractivity contribution in [2.45, 2.75) is 39.7 Å². The molecule has 0 aromatic carbocycles. The summed E-state index contributed by atoms with van der Waals surface area (Å²) in [5.41, 5.74) is 0.830. The Balaban J connectivity index is 1.89. The molecule has 0 saturated heterocycles. The first-order chi connectivity index (χ1) is 9.54. The van der Waals surface area contributed by atoms with Crippen molar-refractivity contribution in [2.24, 2.45) is 5.92 Å². The molecule has 0 fully saturated rings. The van der Waals surface area contributed by atoms with Crippen molar-refractivity contribution in [1.82, 2.24) is 10.5 Å². The molecule has 2 rings (SSSR count). The van der Waals surface area contributed by atoms with E-state index in [-0.39, 0.29) is 11.9 Å². The van der Waals surface area contributed by atoms with Crippen molar-refractivity contribution >= 4 is 17.2 Å². The molecule has 2 heterocycles. The lowest BCUT2D eigenvalue weighted by Crippen LogP contribution is -2.33. The van der Waals surface area contributed by atoms with Crippen LogP contribution >= 0.6 is 11.3 Å². The Bertz CT molecular complexity index is 546. The fourth-order valence-corrected chi connectivity index (χ4v) is 2.85. The summed E-state index contributed by atoms with van der Waals surface area (Å²) in [6.07, 6.45) is 1.65. The van der Waals surface area contributed by atoms with Crippen LogP contribution in [0.1, 0.15) is 41.9 Å². The molecule has 0 aliphatic carbocycles. The van der Waals surface area contributed by atoms with Crippen LogP contribution in [0.3, 0.4) is 0 Å². The number of amides is 1. The third-order valence-corrected chi connectivity index (χ3v) is 3.76. The lowest BCUT2D eigenvalue weighted by molar-refractivity contribution is 0.0903. The molecule has 1 atom stereocenters. The Hall–Kier alpha value is -1.62. The van der Waals surface area contributed by atoms with Crippen LogP contribution in [0.2, 0.25) is 0 Å². The normalized spacial score (nSPS) is 12.6. The van der Waals surface area contributed by atoms with Crippen LogP contribution in [0.25, 0.3) is 0 Å². The molecule has 0 bridgehead atoms. The maximum atomic E-state index is 12.0. The summed E-state index contributed by atoms with van der Waals surface area (Å²) in [6, 6.07) is 5.89. The topological polar surface area (TPSA) is 55.1 Å². The molecule has 1 unspecified atom stereocenters. The van der Waals surface area contributed by atoms with E-state index in [4.69, 9.17) is 4.52 Å². The van der Waals surface area contributed by atoms with E-state index in [1.165, 1.54) is 4.88 Å². The summed E-state index contributed by atoms with van der Waals surface area (Å²) in [6.45, 7) is 6.21. The van der Waals surface area contributed by atoms with Crippen LogP contribution in [-0.2, 0) is 12.8 Å². The third kappa shape index (κ3) is 4.20. The smallest absolute Gasteiger partial charge is 0.290 e. The Morgan fingerprint density at radius 1 is 1.40 bits per heavy atom. The first-order valence-electron chi connectivity index (χ1n) is 6.83. The largest absolute Gasteiger partial charge is 0.351 e. The minimum Gasteiger partial charge on any atom is -0.351 e. The minimum absolute atomic E-state index is 0.0693. The maximum Gasteiger partial charge on any atom is 0.290 e. The fourth-order valence-electron chi connectivity index (χ4n) is 2.01. The SMILES string of the molecule is CC(C)Cc1cc(C(=O)NC(C)Cc2cccs2)on1. The second kappa shape index (κ2) is 6.70. The zero-order valence-electron chi connectivity index (χ0n) is 12.1. The Morgan fingerprint density at radius 3 is 2.85 bits per heavy atom. The monoisotopic (exact) mass is 292 g/mol. The molecular formula is C15H20N2O2S. The number of thiophene rings is 1. The molecular weight excluding hydrogens is 272 g/mol. The van der Waals surface area contributed by atoms with Gasteiger partial charge in [0.05, 0.1) is 5.69 Å². The number of nitrogens with zero attached hydrogens (tertiary/aromatic N) is 1. The summed E-state index contributed by atoms with van der Waals surface area (Å²) < 4.78 is 5.10. The second-order valence-corrected chi connectivity index (χ2v) is 6.47. The maximum absolute atomic E-state index is 12.0. The zero-order chi connectivity index (χ0) is 14.5. The van der Waals surface area contributed by atoms with E-state index in [0.717, 1.165) is 18.5 Å². The van der Waals surface area contributed by atoms with Crippen molar-refractivity contribution in [2.75, 3.05) is 0 Å². The number of rotatable bonds is 6. The summed E-state index contributed by atoms with van der Waals surface area (Å²) in [5.74, 6) is 0.587. The molecule has 0 aliphatic heterocycles. The van der Waals surface area contributed by atoms with Crippen molar-refractivity contribution in [1.29, 1.82) is 0 Å². The summed E-state index contributed by atoms with van der Waals surface area (Å²) >= 11 is 1.70. The van der Waals surface area contributed by atoms with Gasteiger partial charge < -0.3 is 9.84 Å². The van der Waals surface area contributed by atoms with Gasteiger partial charge in [-0.15, -0.1) is 11.3 Å². The van der Waals surface area contributed by atoms with Crippen LogP contribution < -0.4 is 5.32 Å². The van der Waals surface area contributed by atoms with Gasteiger partial charge in [-0.1, -0.05) is 25.1 Å². The third-order valence-electron chi connectivity index (χ3n) is 2.87. The Labute approximate surface area is 123 Å². The average molecular weight is 292 g/mol. The summed E-state index contributed by atoms with van der Waals surface area (Å²) in [7, 11) is 0. The predicted molar refractivity (Wildman–Crippen MR) is 80.0 cm³/mol. The van der Waals surface area contributed by atoms with Crippen molar-refractivity contribution in [3.05, 3.63) is 39.9 Å². The summed E-state index contributed by atoms with van der Waals surface area (Å²) in [4.78, 5) is 13.3. The molecule has 1 N–H and O–H groups in total. The molecule has 0 aliphatic rings. The Kier molecular flexibility index (Phi) is 4.95. The van der Waals surface area contributed by atoms with Crippen molar-refractivity contribution in [3.8, 4) is 0 Å². The number of carbonyl (C=O) groups is 1. The Morgan fingerprint density at radius 2 is 2.20 bits per heavy atom. The van der Waals surface area contributed by atoms with Gasteiger partial charge >= 0.3 is 0 Å². The van der Waals surface area contributed by atoms with Crippen LogP contribution in [0.4, 0.5) is 0 Å². The van der Waals surface area contributed by atoms with Crippen LogP contribution in [0.15, 0.2) is 28.1 Å². The number of hydrogen-bond acceptors (Lipinski definition) is 4. The zero-order valence-corrected chi connectivity index (χ0v) is 12.9. The minimum atomic E-state index is -0.198. The van der Waals surface area contributed by atoms with Gasteiger partial charge in [0, 0.05) is 23.4 Å². The van der Waals surface area contributed by atoms with Gasteiger partial charge in [0.25, 0.3) is 5.91 Å². The fraction of sp³-hybridized carbons (Fsp3) is 0.467. The quantitative estimate of drug-likeness (QED) is 0.888. The highest BCUT2D eigenvalue weighted by atomic mass is 32.1. The van der Waals surface area contributed by atoms with Crippen LogP contribution in [-0.4, -0.2) is 17.1 Å². The standard InChI is InChI=1S/C15H20N2O2S/c1-10(2)7-12-9-14(19-17-12)15(18)16-11(3)8-13-5-4-6-20-13/h4-6,9-11H,7-8H2,1-3H3,(H,16,18). The number of hydrogen-bond donors (Lipinski definition) is 1. The highest BCUT2D eigenvalue weighted by molar-refractivity contribution is 7.09. The van der Waals surface area contributed by atoms with Gasteiger partial charge in [0.1, 0.15) is 0 Å². The molecule has 5 heteroatoms. The second-order valence-electron chi connectivity index (χ2n) is 5.44. The van der Waals surface area contributed by atoms with Gasteiger partial charge in [0.15, 0.2) is 0 Å². The summed E-state index contributed by atoms with van der Waals surface area (Å²) in [5, 5.41) is 8.90. The van der Waals surface area contributed by atoms with Crippen LogP contribution in [0.5, 0.6) is 0 Å². The predicted octanol–water partition coefficient (Wildman–Crippen LogP) is 3.30. The van der Waals surface area contributed by atoms with Gasteiger partial charge in [-0.05, 0) is 30.7 Å². The number of nitrogens with one attached hydrogen (secondary N) is 1. The number of aromatic nitrogens is 1. The van der Waals surface area contributed by atoms with Gasteiger partial charge in [-0.2, -0.15) is 0 Å². The lowest BCUT2D eigenvalue weighted by Gasteiger charge is -2.11. The van der Waals surface area contributed by atoms with E-state index in [1.54, 1.807) is 17.4 Å². The van der Waals surface area contributed by atoms with E-state index >= 15 is 0 Å². The van der Waals surface area contributed by atoms with Gasteiger partial charge in [-0.25, -0.2) is 0 Å². The van der Waals surface area contributed by atoms with E-state index < -0.39 is 0 Å². The highest BCUT2D eigenvalue weighted by Gasteiger charge is 2.16. The van der Waals surface area contributed by atoms with E-state index in [0.29, 0.717) is 11.7 Å². The molecule has 2 aromatic rings. The van der Waals surface area contributed by atoms with Crippen molar-refractivity contribution in [3.63, 3.8) is 0 Å². The molecule has 20 heavy (non-hydrogen) atoms. The molecule has 0 radical (unpaired) electrons. The molecule has 0 spiro atoms. The first-order valence-corrected chi connectivity index (χ1v) is 7.71. The highest BCUT2D eigenvalue weighted by Crippen LogP contribution is 2.12. The lowest BCUT2D eigenvalue weighted by atomic mass is 10.1. The number of carbonyl (C=O) groups excluding carboxylic acids is 1. The van der Waals surface area contributed by atoms with Gasteiger partial charge in [0.2, 0.25) is 5.76 Å². The molecule has 108 valence electrons. The molecule has 1 amide bonds. The molecule has 2 aromatic heterocycles. The molecule has 4 nitrogen and oxygen atoms in total. The van der Waals surface area contributed by atoms with Gasteiger partial charge in [-0.3, -0.25) is 4.79 Å². The van der Waals surface area contributed by atoms with Crippen molar-refractivity contribution < 1.29 is 9.32 Å².